The van der Waals surface area contributed by atoms with E-state index in [4.69, 9.17) is 18.9 Å². The van der Waals surface area contributed by atoms with E-state index >= 15 is 0 Å². The van der Waals surface area contributed by atoms with Gasteiger partial charge in [-0.25, -0.2) is 0 Å². The van der Waals surface area contributed by atoms with Crippen molar-refractivity contribution in [3.63, 3.8) is 0 Å². The molecule has 2 saturated heterocycles. The van der Waals surface area contributed by atoms with Crippen LogP contribution in [0.3, 0.4) is 0 Å². The average Bonchev–Trinajstić information content (AvgIpc) is 3.52. The molecule has 0 aromatic heterocycles. The Morgan fingerprint density at radius 3 is 2.31 bits per heavy atom. The van der Waals surface area contributed by atoms with E-state index in [0.29, 0.717) is 18.9 Å². The summed E-state index contributed by atoms with van der Waals surface area (Å²) < 4.78 is 25.0. The Morgan fingerprint density at radius 2 is 1.71 bits per heavy atom. The van der Waals surface area contributed by atoms with Crippen LogP contribution in [0.25, 0.3) is 0 Å². The van der Waals surface area contributed by atoms with E-state index in [9.17, 15) is 14.7 Å². The molecule has 1 saturated carbocycles. The van der Waals surface area contributed by atoms with Crippen LogP contribution in [-0.2, 0) is 28.5 Å². The summed E-state index contributed by atoms with van der Waals surface area (Å²) in [5.41, 5.74) is -2.30. The second-order valence-corrected chi connectivity index (χ2v) is 15.5. The van der Waals surface area contributed by atoms with Crippen LogP contribution in [-0.4, -0.2) is 135 Å². The van der Waals surface area contributed by atoms with Crippen molar-refractivity contribution in [3.05, 3.63) is 0 Å². The van der Waals surface area contributed by atoms with Gasteiger partial charge in [-0.3, -0.25) is 14.5 Å². The number of esters is 1. The molecular formula is C35H65N3O7. The van der Waals surface area contributed by atoms with Crippen molar-refractivity contribution in [2.75, 3.05) is 55.0 Å². The predicted molar refractivity (Wildman–Crippen MR) is 176 cm³/mol. The van der Waals surface area contributed by atoms with E-state index in [0.717, 1.165) is 25.9 Å². The molecule has 1 aliphatic carbocycles. The molecule has 45 heavy (non-hydrogen) atoms. The fourth-order valence-electron chi connectivity index (χ4n) is 8.00. The lowest BCUT2D eigenvalue weighted by Crippen LogP contribution is -2.59. The number of ether oxygens (including phenoxy) is 4. The van der Waals surface area contributed by atoms with E-state index in [1.165, 1.54) is 25.7 Å². The monoisotopic (exact) mass is 639 g/mol. The van der Waals surface area contributed by atoms with E-state index in [-0.39, 0.29) is 36.5 Å². The van der Waals surface area contributed by atoms with Crippen LogP contribution in [0.4, 0.5) is 0 Å². The first-order valence-electron chi connectivity index (χ1n) is 17.3. The Hall–Kier alpha value is -1.14. The first-order valence-corrected chi connectivity index (χ1v) is 17.3. The molecule has 10 nitrogen and oxygen atoms in total. The van der Waals surface area contributed by atoms with Crippen molar-refractivity contribution in [2.45, 2.75) is 141 Å². The number of aliphatic hydroxyl groups excluding tert-OH is 1. The van der Waals surface area contributed by atoms with Crippen LogP contribution in [0, 0.1) is 17.3 Å². The van der Waals surface area contributed by atoms with Gasteiger partial charge in [0.05, 0.1) is 17.8 Å². The number of carbonyl (C=O) groups excluding carboxylic acids is 2. The zero-order valence-corrected chi connectivity index (χ0v) is 30.2. The number of Topliss-reactive ketones (excluding diaryl/α,β-unsaturated/α-hetero) is 1. The number of nitrogens with zero attached hydrogens (tertiary/aromatic N) is 3. The maximum Gasteiger partial charge on any atom is 0.319 e. The first-order chi connectivity index (χ1) is 21.0. The first kappa shape index (κ1) is 38.3. The summed E-state index contributed by atoms with van der Waals surface area (Å²) in [6, 6.07) is 0.546. The third-order valence-electron chi connectivity index (χ3n) is 11.0. The number of hydrogen-bond donors (Lipinski definition) is 1. The van der Waals surface area contributed by atoms with Crippen LogP contribution in [0.2, 0.25) is 0 Å². The Morgan fingerprint density at radius 1 is 1.07 bits per heavy atom. The highest BCUT2D eigenvalue weighted by Gasteiger charge is 2.51. The van der Waals surface area contributed by atoms with Crippen molar-refractivity contribution in [1.82, 2.24) is 14.7 Å². The molecule has 2 heterocycles. The maximum atomic E-state index is 14.2. The number of aliphatic hydroxyl groups is 1. The molecule has 1 N–H and O–H groups in total. The Bertz CT molecular complexity index is 958. The lowest BCUT2D eigenvalue weighted by atomic mass is 9.74. The molecule has 9 atom stereocenters. The van der Waals surface area contributed by atoms with Gasteiger partial charge >= 0.3 is 5.97 Å². The molecule has 262 valence electrons. The second-order valence-electron chi connectivity index (χ2n) is 15.5. The molecule has 0 spiro atoms. The van der Waals surface area contributed by atoms with E-state index in [2.05, 4.69) is 30.8 Å². The van der Waals surface area contributed by atoms with Gasteiger partial charge in [0.2, 0.25) is 0 Å². The van der Waals surface area contributed by atoms with Gasteiger partial charge in [0.25, 0.3) is 0 Å². The second kappa shape index (κ2) is 16.3. The number of carbonyl (C=O) groups is 2. The van der Waals surface area contributed by atoms with Gasteiger partial charge < -0.3 is 33.9 Å². The zero-order valence-electron chi connectivity index (χ0n) is 30.2. The lowest BCUT2D eigenvalue weighted by Gasteiger charge is -2.47. The Kier molecular flexibility index (Phi) is 13.9. The average molecular weight is 640 g/mol. The molecule has 0 bridgehead atoms. The molecule has 0 unspecified atom stereocenters. The minimum atomic E-state index is -1.40. The third-order valence-corrected chi connectivity index (χ3v) is 11.0. The fraction of sp³-hybridized carbons (Fsp3) is 0.943. The highest BCUT2D eigenvalue weighted by Crippen LogP contribution is 2.38. The van der Waals surface area contributed by atoms with Crippen molar-refractivity contribution in [2.24, 2.45) is 17.3 Å². The fourth-order valence-corrected chi connectivity index (χ4v) is 8.00. The van der Waals surface area contributed by atoms with E-state index in [1.807, 2.05) is 32.8 Å². The molecule has 2 aliphatic heterocycles. The summed E-state index contributed by atoms with van der Waals surface area (Å²) >= 11 is 0. The highest BCUT2D eigenvalue weighted by atomic mass is 16.7. The molecule has 0 aromatic carbocycles. The molecule has 3 fully saturated rings. The minimum absolute atomic E-state index is 0.0357. The lowest BCUT2D eigenvalue weighted by molar-refractivity contribution is -0.295. The number of likely N-dealkylation sites (N-methyl/N-ethyl adjacent to an activating group) is 2. The van der Waals surface area contributed by atoms with Gasteiger partial charge in [0.15, 0.2) is 12.1 Å². The van der Waals surface area contributed by atoms with Gasteiger partial charge in [0.1, 0.15) is 18.1 Å². The quantitative estimate of drug-likeness (QED) is 0.295. The highest BCUT2D eigenvalue weighted by molar-refractivity contribution is 6.04. The van der Waals surface area contributed by atoms with Crippen LogP contribution in [0.15, 0.2) is 0 Å². The summed E-state index contributed by atoms with van der Waals surface area (Å²) in [4.78, 5) is 34.6. The molecule has 0 aromatic rings. The molecule has 0 amide bonds. The zero-order chi connectivity index (χ0) is 33.7. The normalized spacial score (nSPS) is 38.2. The number of cyclic esters (lactones) is 1. The molecule has 0 radical (unpaired) electrons. The van der Waals surface area contributed by atoms with E-state index < -0.39 is 41.4 Å². The third kappa shape index (κ3) is 9.48. The molecule has 3 aliphatic rings. The van der Waals surface area contributed by atoms with E-state index in [1.54, 1.807) is 27.9 Å². The molecule has 3 rings (SSSR count). The number of ketones is 1. The SMILES string of the molecule is CO[C@]1(C)C[C@@H](C)CN(C)[C@@H](CCCN(C)C2CCCC2)COC(=O)C(C)(C)C(=O)[C@H](C)[C@H]1O[C@@H]1O[C@H](C)C[C@H](N(C)C)[C@H]1O. The van der Waals surface area contributed by atoms with Gasteiger partial charge in [-0.15, -0.1) is 0 Å². The summed E-state index contributed by atoms with van der Waals surface area (Å²) in [7, 11) is 9.84. The van der Waals surface area contributed by atoms with Crippen molar-refractivity contribution < 1.29 is 33.6 Å². The van der Waals surface area contributed by atoms with Gasteiger partial charge in [-0.1, -0.05) is 26.7 Å². The Balaban J connectivity index is 1.87. The smallest absolute Gasteiger partial charge is 0.319 e. The van der Waals surface area contributed by atoms with Gasteiger partial charge in [0, 0.05) is 37.7 Å². The summed E-state index contributed by atoms with van der Waals surface area (Å²) in [5, 5.41) is 11.3. The van der Waals surface area contributed by atoms with Crippen LogP contribution < -0.4 is 0 Å². The molecule has 10 heteroatoms. The Labute approximate surface area is 273 Å². The molecular weight excluding hydrogens is 574 g/mol. The summed E-state index contributed by atoms with van der Waals surface area (Å²) in [6.07, 6.45) is 5.57. The number of hydrogen-bond acceptors (Lipinski definition) is 10. The van der Waals surface area contributed by atoms with Gasteiger partial charge in [-0.05, 0) is 107 Å². The topological polar surface area (TPSA) is 101 Å². The van der Waals surface area contributed by atoms with Crippen LogP contribution >= 0.6 is 0 Å². The number of methoxy groups -OCH3 is 1. The van der Waals surface area contributed by atoms with Crippen molar-refractivity contribution in [1.29, 1.82) is 0 Å². The van der Waals surface area contributed by atoms with Crippen molar-refractivity contribution >= 4 is 11.8 Å². The summed E-state index contributed by atoms with van der Waals surface area (Å²) in [5.74, 6) is -1.37. The minimum Gasteiger partial charge on any atom is -0.463 e. The largest absolute Gasteiger partial charge is 0.463 e. The standard InChI is InChI=1S/C35H65N3O7/c1-23-20-35(6,42-11)31(45-32-29(39)28(36(7)8)19-24(2)44-32)25(3)30(40)34(4,5)33(41)43-22-27(38(10)21-23)17-14-18-37(9)26-15-12-13-16-26/h23-29,31-32,39H,12-22H2,1-11H3/t23-,24-,25+,27+,28+,29-,31-,32+,35-/m1/s1. The van der Waals surface area contributed by atoms with Crippen LogP contribution in [0.1, 0.15) is 92.9 Å². The number of rotatable bonds is 9. The van der Waals surface area contributed by atoms with Crippen molar-refractivity contribution in [3.8, 4) is 0 Å². The van der Waals surface area contributed by atoms with Gasteiger partial charge in [-0.2, -0.15) is 0 Å². The summed E-state index contributed by atoms with van der Waals surface area (Å²) in [6.45, 7) is 13.2. The maximum absolute atomic E-state index is 14.2. The predicted octanol–water partition coefficient (Wildman–Crippen LogP) is 3.97. The van der Waals surface area contributed by atoms with Crippen LogP contribution in [0.5, 0.6) is 0 Å².